The maximum atomic E-state index is 12.3. The first-order valence-corrected chi connectivity index (χ1v) is 5.11. The van der Waals surface area contributed by atoms with Crippen LogP contribution in [-0.4, -0.2) is 19.1 Å². The van der Waals surface area contributed by atoms with E-state index in [0.29, 0.717) is 6.04 Å². The number of alkyl halides is 2. The van der Waals surface area contributed by atoms with Crippen LogP contribution in [-0.2, 0) is 0 Å². The molecule has 0 saturated carbocycles. The van der Waals surface area contributed by atoms with Crippen LogP contribution >= 0.6 is 0 Å². The van der Waals surface area contributed by atoms with Gasteiger partial charge in [-0.15, -0.1) is 0 Å². The van der Waals surface area contributed by atoms with Crippen molar-refractivity contribution in [1.82, 2.24) is 5.32 Å². The zero-order valence-electron chi connectivity index (χ0n) is 8.34. The van der Waals surface area contributed by atoms with Gasteiger partial charge in [-0.05, 0) is 25.1 Å². The van der Waals surface area contributed by atoms with Crippen LogP contribution in [0, 0.1) is 0 Å². The standard InChI is InChI=1S/C11H14F2N2/c12-11(13)8-1-3-9(4-2-8)15-10-5-6-14-7-10/h1-4,10-11,14-15H,5-7H2. The second-order valence-electron chi connectivity index (χ2n) is 3.76. The van der Waals surface area contributed by atoms with Gasteiger partial charge < -0.3 is 10.6 Å². The number of anilines is 1. The number of benzene rings is 1. The fourth-order valence-corrected chi connectivity index (χ4v) is 1.74. The zero-order valence-corrected chi connectivity index (χ0v) is 8.34. The first-order chi connectivity index (χ1) is 7.25. The summed E-state index contributed by atoms with van der Waals surface area (Å²) in [7, 11) is 0. The largest absolute Gasteiger partial charge is 0.381 e. The van der Waals surface area contributed by atoms with Crippen molar-refractivity contribution in [1.29, 1.82) is 0 Å². The molecule has 1 fully saturated rings. The predicted octanol–water partition coefficient (Wildman–Crippen LogP) is 2.40. The Balaban J connectivity index is 1.97. The van der Waals surface area contributed by atoms with Crippen LogP contribution in [0.15, 0.2) is 24.3 Å². The number of hydrogen-bond donors (Lipinski definition) is 2. The number of rotatable bonds is 3. The molecule has 1 heterocycles. The van der Waals surface area contributed by atoms with Gasteiger partial charge in [-0.25, -0.2) is 8.78 Å². The lowest BCUT2D eigenvalue weighted by Gasteiger charge is -2.13. The van der Waals surface area contributed by atoms with Crippen LogP contribution in [0.25, 0.3) is 0 Å². The van der Waals surface area contributed by atoms with Gasteiger partial charge in [0.05, 0.1) is 0 Å². The summed E-state index contributed by atoms with van der Waals surface area (Å²) in [5, 5.41) is 6.54. The SMILES string of the molecule is FC(F)c1ccc(NC2CCNC2)cc1. The van der Waals surface area contributed by atoms with E-state index in [-0.39, 0.29) is 5.56 Å². The molecule has 1 aliphatic heterocycles. The monoisotopic (exact) mass is 212 g/mol. The molecule has 82 valence electrons. The Morgan fingerprint density at radius 3 is 2.53 bits per heavy atom. The van der Waals surface area contributed by atoms with E-state index in [4.69, 9.17) is 0 Å². The molecule has 15 heavy (non-hydrogen) atoms. The molecule has 1 unspecified atom stereocenters. The van der Waals surface area contributed by atoms with Gasteiger partial charge in [0.1, 0.15) is 0 Å². The smallest absolute Gasteiger partial charge is 0.263 e. The highest BCUT2D eigenvalue weighted by Gasteiger charge is 2.13. The van der Waals surface area contributed by atoms with Crippen LogP contribution in [0.5, 0.6) is 0 Å². The summed E-state index contributed by atoms with van der Waals surface area (Å²) in [5.74, 6) is 0. The topological polar surface area (TPSA) is 24.1 Å². The molecule has 1 aromatic carbocycles. The first kappa shape index (κ1) is 10.4. The highest BCUT2D eigenvalue weighted by molar-refractivity contribution is 5.45. The van der Waals surface area contributed by atoms with Crippen LogP contribution in [0.3, 0.4) is 0 Å². The first-order valence-electron chi connectivity index (χ1n) is 5.11. The third kappa shape index (κ3) is 2.65. The number of nitrogens with one attached hydrogen (secondary N) is 2. The van der Waals surface area contributed by atoms with E-state index in [0.717, 1.165) is 25.2 Å². The Bertz CT molecular complexity index is 305. The van der Waals surface area contributed by atoms with Gasteiger partial charge >= 0.3 is 0 Å². The molecule has 1 saturated heterocycles. The Hall–Kier alpha value is -1.16. The molecule has 4 heteroatoms. The summed E-state index contributed by atoms with van der Waals surface area (Å²) in [5.41, 5.74) is 0.984. The van der Waals surface area contributed by atoms with Crippen molar-refractivity contribution < 1.29 is 8.78 Å². The van der Waals surface area contributed by atoms with E-state index in [9.17, 15) is 8.78 Å². The molecule has 1 atom stereocenters. The van der Waals surface area contributed by atoms with Gasteiger partial charge in [0.2, 0.25) is 0 Å². The quantitative estimate of drug-likeness (QED) is 0.804. The van der Waals surface area contributed by atoms with Crippen LogP contribution in [0.2, 0.25) is 0 Å². The molecule has 1 aromatic rings. The van der Waals surface area contributed by atoms with Crippen molar-refractivity contribution in [2.75, 3.05) is 18.4 Å². The van der Waals surface area contributed by atoms with Gasteiger partial charge in [-0.1, -0.05) is 12.1 Å². The summed E-state index contributed by atoms with van der Waals surface area (Å²) in [6.07, 6.45) is -1.30. The normalized spacial score (nSPS) is 20.9. The average Bonchev–Trinajstić information content (AvgIpc) is 2.71. The molecule has 0 spiro atoms. The minimum Gasteiger partial charge on any atom is -0.381 e. The third-order valence-electron chi connectivity index (χ3n) is 2.59. The van der Waals surface area contributed by atoms with E-state index < -0.39 is 6.43 Å². The number of halogens is 2. The van der Waals surface area contributed by atoms with Gasteiger partial charge in [0.25, 0.3) is 6.43 Å². The van der Waals surface area contributed by atoms with Crippen molar-refractivity contribution in [2.24, 2.45) is 0 Å². The highest BCUT2D eigenvalue weighted by atomic mass is 19.3. The molecule has 0 bridgehead atoms. The van der Waals surface area contributed by atoms with Crippen molar-refractivity contribution in [3.05, 3.63) is 29.8 Å². The number of hydrogen-bond acceptors (Lipinski definition) is 2. The van der Waals surface area contributed by atoms with E-state index >= 15 is 0 Å². The molecule has 0 amide bonds. The molecule has 0 aromatic heterocycles. The lowest BCUT2D eigenvalue weighted by molar-refractivity contribution is 0.151. The Labute approximate surface area is 87.7 Å². The Kier molecular flexibility index (Phi) is 3.16. The molecule has 0 aliphatic carbocycles. The van der Waals surface area contributed by atoms with Gasteiger partial charge in [0.15, 0.2) is 0 Å². The summed E-state index contributed by atoms with van der Waals surface area (Å²) in [6.45, 7) is 1.96. The second kappa shape index (κ2) is 4.57. The molecule has 1 aliphatic rings. The van der Waals surface area contributed by atoms with Crippen LogP contribution < -0.4 is 10.6 Å². The molecule has 0 radical (unpaired) electrons. The van der Waals surface area contributed by atoms with Gasteiger partial charge in [0, 0.05) is 23.8 Å². The van der Waals surface area contributed by atoms with Crippen molar-refractivity contribution in [2.45, 2.75) is 18.9 Å². The Morgan fingerprint density at radius 1 is 1.27 bits per heavy atom. The van der Waals surface area contributed by atoms with Gasteiger partial charge in [-0.3, -0.25) is 0 Å². The fraction of sp³-hybridized carbons (Fsp3) is 0.455. The predicted molar refractivity (Wildman–Crippen MR) is 56.3 cm³/mol. The third-order valence-corrected chi connectivity index (χ3v) is 2.59. The van der Waals surface area contributed by atoms with E-state index in [1.54, 1.807) is 12.1 Å². The molecule has 2 nitrogen and oxygen atoms in total. The lowest BCUT2D eigenvalue weighted by atomic mass is 10.2. The van der Waals surface area contributed by atoms with Crippen LogP contribution in [0.1, 0.15) is 18.4 Å². The average molecular weight is 212 g/mol. The lowest BCUT2D eigenvalue weighted by Crippen LogP contribution is -2.21. The minimum absolute atomic E-state index is 0.0742. The zero-order chi connectivity index (χ0) is 10.7. The van der Waals surface area contributed by atoms with Crippen LogP contribution in [0.4, 0.5) is 14.5 Å². The van der Waals surface area contributed by atoms with E-state index in [1.165, 1.54) is 12.1 Å². The molecular weight excluding hydrogens is 198 g/mol. The van der Waals surface area contributed by atoms with Crippen molar-refractivity contribution >= 4 is 5.69 Å². The Morgan fingerprint density at radius 2 is 2.00 bits per heavy atom. The van der Waals surface area contributed by atoms with Crippen molar-refractivity contribution in [3.8, 4) is 0 Å². The maximum Gasteiger partial charge on any atom is 0.263 e. The molecule has 2 N–H and O–H groups in total. The summed E-state index contributed by atoms with van der Waals surface area (Å²) in [6, 6.07) is 6.77. The van der Waals surface area contributed by atoms with E-state index in [1.807, 2.05) is 0 Å². The maximum absolute atomic E-state index is 12.3. The molecular formula is C11H14F2N2. The van der Waals surface area contributed by atoms with Crippen molar-refractivity contribution in [3.63, 3.8) is 0 Å². The highest BCUT2D eigenvalue weighted by Crippen LogP contribution is 2.21. The minimum atomic E-state index is -2.38. The summed E-state index contributed by atoms with van der Waals surface area (Å²) < 4.78 is 24.5. The van der Waals surface area contributed by atoms with E-state index in [2.05, 4.69) is 10.6 Å². The fourth-order valence-electron chi connectivity index (χ4n) is 1.74. The molecule has 2 rings (SSSR count). The second-order valence-corrected chi connectivity index (χ2v) is 3.76. The van der Waals surface area contributed by atoms with Gasteiger partial charge in [-0.2, -0.15) is 0 Å². The summed E-state index contributed by atoms with van der Waals surface area (Å²) in [4.78, 5) is 0. The summed E-state index contributed by atoms with van der Waals surface area (Å²) >= 11 is 0.